The van der Waals surface area contributed by atoms with Crippen molar-refractivity contribution in [3.05, 3.63) is 61.1 Å². The predicted octanol–water partition coefficient (Wildman–Crippen LogP) is 1.74. The van der Waals surface area contributed by atoms with Gasteiger partial charge in [-0.3, -0.25) is 13.9 Å². The minimum atomic E-state index is -5.00. The maximum Gasteiger partial charge on any atom is 0.431 e. The lowest BCUT2D eigenvalue weighted by Gasteiger charge is -2.15. The number of benzene rings is 1. The molecule has 0 fully saturated rings. The van der Waals surface area contributed by atoms with Crippen molar-refractivity contribution in [3.8, 4) is 5.69 Å². The number of hydrogen-bond donors (Lipinski definition) is 1. The van der Waals surface area contributed by atoms with Crippen LogP contribution in [-0.4, -0.2) is 22.1 Å². The highest BCUT2D eigenvalue weighted by atomic mass is 35.5. The number of halogens is 5. The second-order valence-corrected chi connectivity index (χ2v) is 7.02. The van der Waals surface area contributed by atoms with Gasteiger partial charge in [-0.25, -0.2) is 13.8 Å². The monoisotopic (exact) mass is 416 g/mol. The van der Waals surface area contributed by atoms with Crippen LogP contribution in [0, 0.1) is 5.82 Å². The van der Waals surface area contributed by atoms with Crippen molar-refractivity contribution in [2.24, 2.45) is 7.05 Å². The Bertz CT molecular complexity index is 1110. The fourth-order valence-corrected chi connectivity index (χ4v) is 3.11. The van der Waals surface area contributed by atoms with E-state index in [-0.39, 0.29) is 20.8 Å². The largest absolute Gasteiger partial charge is 0.431 e. The molecule has 1 heterocycles. The van der Waals surface area contributed by atoms with Crippen LogP contribution in [0.5, 0.6) is 0 Å². The van der Waals surface area contributed by atoms with Crippen molar-refractivity contribution in [2.75, 3.05) is 0 Å². The Morgan fingerprint density at radius 3 is 2.27 bits per heavy atom. The smallest absolute Gasteiger partial charge is 0.292 e. The molecule has 0 amide bonds. The molecule has 26 heavy (non-hydrogen) atoms. The zero-order valence-corrected chi connectivity index (χ0v) is 14.3. The average Bonchev–Trinajstić information content (AvgIpc) is 2.45. The van der Waals surface area contributed by atoms with Gasteiger partial charge in [-0.05, 0) is 17.7 Å². The first-order valence-electron chi connectivity index (χ1n) is 6.56. The number of nitrogens with zero attached hydrogens (tertiary/aromatic N) is 2. The highest BCUT2D eigenvalue weighted by Crippen LogP contribution is 2.27. The highest BCUT2D eigenvalue weighted by Gasteiger charge is 2.35. The highest BCUT2D eigenvalue weighted by molar-refractivity contribution is 7.85. The van der Waals surface area contributed by atoms with Gasteiger partial charge < -0.3 is 0 Å². The van der Waals surface area contributed by atoms with Gasteiger partial charge >= 0.3 is 11.9 Å². The van der Waals surface area contributed by atoms with Gasteiger partial charge in [0, 0.05) is 18.1 Å². The Balaban J connectivity index is 2.82. The molecule has 0 radical (unpaired) electrons. The van der Waals surface area contributed by atoms with Gasteiger partial charge in [-0.1, -0.05) is 11.6 Å². The molecule has 0 aliphatic carbocycles. The van der Waals surface area contributed by atoms with Gasteiger partial charge in [-0.2, -0.15) is 21.6 Å². The third kappa shape index (κ3) is 3.97. The molecule has 0 saturated heterocycles. The van der Waals surface area contributed by atoms with Crippen molar-refractivity contribution in [1.29, 1.82) is 0 Å². The maximum atomic E-state index is 14.1. The molecule has 142 valence electrons. The first kappa shape index (κ1) is 20.1. The summed E-state index contributed by atoms with van der Waals surface area (Å²) in [6.45, 7) is 0. The molecule has 0 bridgehead atoms. The first-order chi connectivity index (χ1) is 11.7. The lowest BCUT2D eigenvalue weighted by atomic mass is 10.2. The molecule has 0 unspecified atom stereocenters. The third-order valence-corrected chi connectivity index (χ3v) is 4.33. The molecular formula is C13H9ClF4N2O5S. The third-order valence-electron chi connectivity index (χ3n) is 3.31. The van der Waals surface area contributed by atoms with Crippen LogP contribution in [0.1, 0.15) is 11.3 Å². The van der Waals surface area contributed by atoms with Crippen LogP contribution in [0.25, 0.3) is 5.69 Å². The minimum absolute atomic E-state index is 0.0917. The molecule has 0 saturated carbocycles. The molecule has 1 aromatic heterocycles. The fraction of sp³-hybridized carbons (Fsp3) is 0.231. The second-order valence-electron chi connectivity index (χ2n) is 5.16. The van der Waals surface area contributed by atoms with E-state index in [1.54, 1.807) is 0 Å². The van der Waals surface area contributed by atoms with Crippen LogP contribution in [-0.2, 0) is 29.1 Å². The lowest BCUT2D eigenvalue weighted by molar-refractivity contribution is -0.144. The zero-order valence-electron chi connectivity index (χ0n) is 12.7. The summed E-state index contributed by atoms with van der Waals surface area (Å²) in [5, 5.41) is -0.430. The molecule has 0 aliphatic rings. The van der Waals surface area contributed by atoms with Gasteiger partial charge in [0.2, 0.25) is 0 Å². The maximum absolute atomic E-state index is 14.1. The molecule has 0 atom stereocenters. The van der Waals surface area contributed by atoms with Crippen molar-refractivity contribution in [3.63, 3.8) is 0 Å². The molecule has 1 aromatic carbocycles. The van der Waals surface area contributed by atoms with E-state index in [1.807, 2.05) is 0 Å². The van der Waals surface area contributed by atoms with Gasteiger partial charge in [0.05, 0.1) is 5.69 Å². The number of alkyl halides is 3. The summed E-state index contributed by atoms with van der Waals surface area (Å²) in [4.78, 5) is 24.1. The molecule has 0 spiro atoms. The van der Waals surface area contributed by atoms with Gasteiger partial charge in [0.25, 0.3) is 15.7 Å². The summed E-state index contributed by atoms with van der Waals surface area (Å²) >= 11 is 5.66. The summed E-state index contributed by atoms with van der Waals surface area (Å²) in [7, 11) is -3.86. The summed E-state index contributed by atoms with van der Waals surface area (Å²) in [6, 6.07) is 1.35. The number of rotatable bonds is 3. The van der Waals surface area contributed by atoms with Gasteiger partial charge in [-0.15, -0.1) is 0 Å². The van der Waals surface area contributed by atoms with E-state index in [0.29, 0.717) is 12.1 Å². The average molecular weight is 417 g/mol. The van der Waals surface area contributed by atoms with Gasteiger partial charge in [0.15, 0.2) is 0 Å². The Kier molecular flexibility index (Phi) is 5.05. The summed E-state index contributed by atoms with van der Waals surface area (Å²) in [5.74, 6) is -2.32. The number of aromatic nitrogens is 2. The molecular weight excluding hydrogens is 408 g/mol. The normalized spacial score (nSPS) is 12.4. The Hall–Kier alpha value is -2.18. The van der Waals surface area contributed by atoms with Crippen LogP contribution in [0.3, 0.4) is 0 Å². The molecule has 2 aromatic rings. The standard InChI is InChI=1S/C13H9ClF4N2O5S/c1-19-10(13(16,17)18)4-11(21)20(12(19)22)9-2-6(5-26(23,24)25)7(14)3-8(9)15/h2-4H,5H2,1H3,(H,23,24,25). The zero-order chi connectivity index (χ0) is 20.0. The quantitative estimate of drug-likeness (QED) is 0.607. The van der Waals surface area contributed by atoms with Crippen LogP contribution in [0.2, 0.25) is 5.02 Å². The van der Waals surface area contributed by atoms with E-state index in [4.69, 9.17) is 16.2 Å². The Labute approximate surface area is 147 Å². The van der Waals surface area contributed by atoms with E-state index in [9.17, 15) is 35.6 Å². The van der Waals surface area contributed by atoms with Crippen molar-refractivity contribution in [1.82, 2.24) is 9.13 Å². The van der Waals surface area contributed by atoms with Crippen LogP contribution in [0.15, 0.2) is 27.8 Å². The summed E-state index contributed by atoms with van der Waals surface area (Å²) < 4.78 is 83.6. The van der Waals surface area contributed by atoms with E-state index >= 15 is 0 Å². The van der Waals surface area contributed by atoms with Crippen LogP contribution >= 0.6 is 11.6 Å². The minimum Gasteiger partial charge on any atom is -0.292 e. The van der Waals surface area contributed by atoms with Gasteiger partial charge in [0.1, 0.15) is 17.3 Å². The topological polar surface area (TPSA) is 98.4 Å². The Morgan fingerprint density at radius 2 is 1.77 bits per heavy atom. The van der Waals surface area contributed by atoms with Crippen LogP contribution < -0.4 is 11.2 Å². The molecule has 1 N–H and O–H groups in total. The van der Waals surface area contributed by atoms with Crippen LogP contribution in [0.4, 0.5) is 17.6 Å². The predicted molar refractivity (Wildman–Crippen MR) is 82.5 cm³/mol. The van der Waals surface area contributed by atoms with E-state index in [1.165, 1.54) is 0 Å². The van der Waals surface area contributed by atoms with E-state index in [0.717, 1.165) is 7.05 Å². The summed E-state index contributed by atoms with van der Waals surface area (Å²) in [5.41, 5.74) is -5.72. The number of hydrogen-bond acceptors (Lipinski definition) is 4. The molecule has 2 rings (SSSR count). The summed E-state index contributed by atoms with van der Waals surface area (Å²) in [6.07, 6.45) is -5.00. The van der Waals surface area contributed by atoms with Crippen molar-refractivity contribution in [2.45, 2.75) is 11.9 Å². The fourth-order valence-electron chi connectivity index (χ4n) is 2.18. The van der Waals surface area contributed by atoms with Crippen molar-refractivity contribution < 1.29 is 30.5 Å². The first-order valence-corrected chi connectivity index (χ1v) is 8.55. The second kappa shape index (κ2) is 6.52. The SMILES string of the molecule is Cn1c(C(F)(F)F)cc(=O)n(-c2cc(CS(=O)(=O)O)c(Cl)cc2F)c1=O. The Morgan fingerprint density at radius 1 is 1.19 bits per heavy atom. The van der Waals surface area contributed by atoms with E-state index < -0.39 is 55.5 Å². The molecule has 0 aliphatic heterocycles. The molecule has 13 heteroatoms. The van der Waals surface area contributed by atoms with E-state index in [2.05, 4.69) is 0 Å². The van der Waals surface area contributed by atoms with Crippen molar-refractivity contribution >= 4 is 21.7 Å². The lowest BCUT2D eigenvalue weighted by Crippen LogP contribution is -2.41. The molecule has 7 nitrogen and oxygen atoms in total.